The molecule has 1 aromatic carbocycles. The third-order valence-electron chi connectivity index (χ3n) is 4.87. The van der Waals surface area contributed by atoms with Crippen LogP contribution in [-0.4, -0.2) is 57.2 Å². The monoisotopic (exact) mass is 474 g/mol. The summed E-state index contributed by atoms with van der Waals surface area (Å²) >= 11 is 0. The third kappa shape index (κ3) is 7.31. The number of hydrogen-bond donors (Lipinski definition) is 2. The minimum atomic E-state index is 0. The Hall–Kier alpha value is -1.02. The molecule has 1 heterocycles. The first-order valence-corrected chi connectivity index (χ1v) is 9.49. The molecule has 2 rings (SSSR count). The second-order valence-corrected chi connectivity index (χ2v) is 6.81. The average molecular weight is 474 g/mol. The predicted octanol–water partition coefficient (Wildman–Crippen LogP) is 3.20. The molecule has 0 radical (unpaired) electrons. The van der Waals surface area contributed by atoms with Crippen molar-refractivity contribution in [1.82, 2.24) is 15.5 Å². The summed E-state index contributed by atoms with van der Waals surface area (Å²) in [7, 11) is 3.57. The van der Waals surface area contributed by atoms with Crippen LogP contribution >= 0.6 is 24.0 Å². The largest absolute Gasteiger partial charge is 0.496 e. The molecule has 1 fully saturated rings. The standard InChI is InChI=1S/C20H34N4O.HI/c1-5-12-24-13-9-18(10-14-24)23-20(21-3)22-11-8-17-7-6-16(2)19(15-17)25-4;/h6-7,15,18H,5,8-14H2,1-4H3,(H2,21,22,23);1H. The van der Waals surface area contributed by atoms with Crippen molar-refractivity contribution in [3.63, 3.8) is 0 Å². The van der Waals surface area contributed by atoms with Crippen LogP contribution in [-0.2, 0) is 6.42 Å². The molecule has 0 spiro atoms. The van der Waals surface area contributed by atoms with Crippen molar-refractivity contribution in [2.24, 2.45) is 4.99 Å². The van der Waals surface area contributed by atoms with Gasteiger partial charge in [0.05, 0.1) is 7.11 Å². The van der Waals surface area contributed by atoms with Gasteiger partial charge < -0.3 is 20.3 Å². The molecule has 1 aliphatic heterocycles. The second-order valence-electron chi connectivity index (χ2n) is 6.81. The van der Waals surface area contributed by atoms with Gasteiger partial charge in [0, 0.05) is 32.7 Å². The zero-order chi connectivity index (χ0) is 18.1. The number of ether oxygens (including phenoxy) is 1. The Labute approximate surface area is 176 Å². The first kappa shape index (κ1) is 23.0. The number of nitrogens with zero attached hydrogens (tertiary/aromatic N) is 2. The van der Waals surface area contributed by atoms with Gasteiger partial charge in [-0.3, -0.25) is 4.99 Å². The van der Waals surface area contributed by atoms with Crippen LogP contribution < -0.4 is 15.4 Å². The van der Waals surface area contributed by atoms with E-state index in [2.05, 4.69) is 52.6 Å². The topological polar surface area (TPSA) is 48.9 Å². The van der Waals surface area contributed by atoms with Crippen molar-refractivity contribution in [3.05, 3.63) is 29.3 Å². The fourth-order valence-corrected chi connectivity index (χ4v) is 3.35. The molecule has 0 aliphatic carbocycles. The highest BCUT2D eigenvalue weighted by Crippen LogP contribution is 2.19. The molecule has 0 unspecified atom stereocenters. The van der Waals surface area contributed by atoms with Gasteiger partial charge >= 0.3 is 0 Å². The fourth-order valence-electron chi connectivity index (χ4n) is 3.35. The van der Waals surface area contributed by atoms with E-state index in [1.165, 1.54) is 50.0 Å². The Morgan fingerprint density at radius 2 is 2.04 bits per heavy atom. The molecule has 2 N–H and O–H groups in total. The number of benzene rings is 1. The lowest BCUT2D eigenvalue weighted by molar-refractivity contribution is 0.206. The lowest BCUT2D eigenvalue weighted by Gasteiger charge is -2.32. The Balaban J connectivity index is 0.00000338. The number of hydrogen-bond acceptors (Lipinski definition) is 3. The summed E-state index contributed by atoms with van der Waals surface area (Å²) in [5.41, 5.74) is 2.45. The van der Waals surface area contributed by atoms with Gasteiger partial charge in [0.25, 0.3) is 0 Å². The number of likely N-dealkylation sites (tertiary alicyclic amines) is 1. The zero-order valence-electron chi connectivity index (χ0n) is 16.7. The van der Waals surface area contributed by atoms with Crippen LogP contribution in [0.1, 0.15) is 37.3 Å². The summed E-state index contributed by atoms with van der Waals surface area (Å²) in [4.78, 5) is 6.93. The minimum Gasteiger partial charge on any atom is -0.496 e. The maximum absolute atomic E-state index is 5.40. The van der Waals surface area contributed by atoms with Crippen molar-refractivity contribution in [1.29, 1.82) is 0 Å². The number of methoxy groups -OCH3 is 1. The molecular formula is C20H35IN4O. The summed E-state index contributed by atoms with van der Waals surface area (Å²) in [5, 5.41) is 7.01. The molecule has 0 amide bonds. The molecule has 6 heteroatoms. The van der Waals surface area contributed by atoms with Gasteiger partial charge in [-0.1, -0.05) is 19.1 Å². The van der Waals surface area contributed by atoms with Gasteiger partial charge in [0.15, 0.2) is 5.96 Å². The molecule has 1 aromatic rings. The lowest BCUT2D eigenvalue weighted by Crippen LogP contribution is -2.49. The number of aliphatic imine (C=N–C) groups is 1. The van der Waals surface area contributed by atoms with E-state index in [9.17, 15) is 0 Å². The molecule has 1 saturated heterocycles. The zero-order valence-corrected chi connectivity index (χ0v) is 19.0. The quantitative estimate of drug-likeness (QED) is 0.362. The van der Waals surface area contributed by atoms with Crippen LogP contribution in [0.25, 0.3) is 0 Å². The van der Waals surface area contributed by atoms with Crippen LogP contribution in [0.15, 0.2) is 23.2 Å². The molecular weight excluding hydrogens is 439 g/mol. The number of aryl methyl sites for hydroxylation is 1. The molecule has 0 aromatic heterocycles. The van der Waals surface area contributed by atoms with Gasteiger partial charge in [0.2, 0.25) is 0 Å². The van der Waals surface area contributed by atoms with E-state index in [0.29, 0.717) is 6.04 Å². The van der Waals surface area contributed by atoms with Crippen LogP contribution in [0.3, 0.4) is 0 Å². The summed E-state index contributed by atoms with van der Waals surface area (Å²) in [6.07, 6.45) is 4.57. The Bertz CT molecular complexity index is 557. The maximum atomic E-state index is 5.40. The van der Waals surface area contributed by atoms with E-state index in [4.69, 9.17) is 4.74 Å². The van der Waals surface area contributed by atoms with Crippen molar-refractivity contribution in [2.75, 3.05) is 40.3 Å². The van der Waals surface area contributed by atoms with E-state index < -0.39 is 0 Å². The fraction of sp³-hybridized carbons (Fsp3) is 0.650. The number of nitrogens with one attached hydrogen (secondary N) is 2. The number of halogens is 1. The SMILES string of the molecule is CCCN1CCC(NC(=NC)NCCc2ccc(C)c(OC)c2)CC1.I. The summed E-state index contributed by atoms with van der Waals surface area (Å²) in [5.74, 6) is 1.87. The Morgan fingerprint density at radius 1 is 1.31 bits per heavy atom. The molecule has 0 atom stereocenters. The molecule has 26 heavy (non-hydrogen) atoms. The maximum Gasteiger partial charge on any atom is 0.191 e. The molecule has 0 bridgehead atoms. The summed E-state index contributed by atoms with van der Waals surface area (Å²) in [6.45, 7) is 8.77. The highest BCUT2D eigenvalue weighted by atomic mass is 127. The number of piperidine rings is 1. The van der Waals surface area contributed by atoms with Crippen molar-refractivity contribution in [2.45, 2.75) is 45.6 Å². The van der Waals surface area contributed by atoms with Crippen molar-refractivity contribution in [3.8, 4) is 5.75 Å². The van der Waals surface area contributed by atoms with Crippen LogP contribution in [0.4, 0.5) is 0 Å². The van der Waals surface area contributed by atoms with E-state index in [1.54, 1.807) is 7.11 Å². The average Bonchev–Trinajstić information content (AvgIpc) is 2.64. The summed E-state index contributed by atoms with van der Waals surface area (Å²) < 4.78 is 5.40. The smallest absolute Gasteiger partial charge is 0.191 e. The highest BCUT2D eigenvalue weighted by Gasteiger charge is 2.19. The molecule has 148 valence electrons. The van der Waals surface area contributed by atoms with Gasteiger partial charge in [0.1, 0.15) is 5.75 Å². The Kier molecular flexibility index (Phi) is 11.0. The van der Waals surface area contributed by atoms with Gasteiger partial charge in [-0.05, 0) is 56.3 Å². The first-order chi connectivity index (χ1) is 12.2. The van der Waals surface area contributed by atoms with Crippen molar-refractivity contribution < 1.29 is 4.74 Å². The third-order valence-corrected chi connectivity index (χ3v) is 4.87. The van der Waals surface area contributed by atoms with E-state index >= 15 is 0 Å². The molecule has 0 saturated carbocycles. The molecule has 5 nitrogen and oxygen atoms in total. The van der Waals surface area contributed by atoms with Crippen LogP contribution in [0, 0.1) is 6.92 Å². The first-order valence-electron chi connectivity index (χ1n) is 9.49. The van der Waals surface area contributed by atoms with E-state index in [-0.39, 0.29) is 24.0 Å². The second kappa shape index (κ2) is 12.4. The lowest BCUT2D eigenvalue weighted by atomic mass is 10.1. The van der Waals surface area contributed by atoms with Gasteiger partial charge in [-0.2, -0.15) is 0 Å². The van der Waals surface area contributed by atoms with Gasteiger partial charge in [-0.15, -0.1) is 24.0 Å². The summed E-state index contributed by atoms with van der Waals surface area (Å²) in [6, 6.07) is 6.93. The van der Waals surface area contributed by atoms with Crippen LogP contribution in [0.5, 0.6) is 5.75 Å². The minimum absolute atomic E-state index is 0. The van der Waals surface area contributed by atoms with E-state index in [1.807, 2.05) is 7.05 Å². The Morgan fingerprint density at radius 3 is 2.65 bits per heavy atom. The highest BCUT2D eigenvalue weighted by molar-refractivity contribution is 14.0. The number of rotatable bonds is 7. The van der Waals surface area contributed by atoms with Crippen molar-refractivity contribution >= 4 is 29.9 Å². The number of guanidine groups is 1. The molecule has 1 aliphatic rings. The van der Waals surface area contributed by atoms with Gasteiger partial charge in [-0.25, -0.2) is 0 Å². The van der Waals surface area contributed by atoms with Crippen LogP contribution in [0.2, 0.25) is 0 Å². The van der Waals surface area contributed by atoms with E-state index in [0.717, 1.165) is 24.7 Å². The predicted molar refractivity (Wildman–Crippen MR) is 121 cm³/mol. The normalized spacial score (nSPS) is 16.1.